The minimum Gasteiger partial charge on any atom is -0.481 e. The number of rotatable bonds is 8. The fourth-order valence-electron chi connectivity index (χ4n) is 2.50. The number of carbonyl (C=O) groups is 2. The normalized spacial score (nSPS) is 10.5. The van der Waals surface area contributed by atoms with Crippen LogP contribution in [0.4, 0.5) is 0 Å². The third-order valence-electron chi connectivity index (χ3n) is 3.64. The number of unbranched alkanes of at least 4 members (excludes halogenated alkanes) is 1. The molecule has 0 aliphatic carbocycles. The van der Waals surface area contributed by atoms with Crippen LogP contribution in [-0.4, -0.2) is 23.5 Å². The van der Waals surface area contributed by atoms with Crippen LogP contribution in [0.5, 0.6) is 0 Å². The molecule has 0 bridgehead atoms. The van der Waals surface area contributed by atoms with Crippen molar-refractivity contribution in [1.29, 1.82) is 0 Å². The molecule has 2 aromatic carbocycles. The standard InChI is InChI=1S/C18H21NO3/c20-17(10-3-4-11-18(21)22)19-13-12-15-8-5-7-14-6-1-2-9-16(14)15/h1-2,5-9H,3-4,10-13H2,(H,19,20)(H,21,22). The van der Waals surface area contributed by atoms with E-state index in [2.05, 4.69) is 29.6 Å². The SMILES string of the molecule is O=C(O)CCCCC(=O)NCCc1cccc2ccccc12. The van der Waals surface area contributed by atoms with E-state index >= 15 is 0 Å². The predicted octanol–water partition coefficient (Wildman–Crippen LogP) is 3.14. The molecule has 2 N–H and O–H groups in total. The number of hydrogen-bond acceptors (Lipinski definition) is 2. The Kier molecular flexibility index (Phi) is 5.95. The lowest BCUT2D eigenvalue weighted by Gasteiger charge is -2.08. The monoisotopic (exact) mass is 299 g/mol. The Bertz CT molecular complexity index is 646. The second-order valence-corrected chi connectivity index (χ2v) is 5.34. The van der Waals surface area contributed by atoms with Crippen molar-refractivity contribution in [2.45, 2.75) is 32.1 Å². The van der Waals surface area contributed by atoms with E-state index in [0.717, 1.165) is 6.42 Å². The van der Waals surface area contributed by atoms with Gasteiger partial charge in [-0.1, -0.05) is 42.5 Å². The Labute approximate surface area is 130 Å². The summed E-state index contributed by atoms with van der Waals surface area (Å²) in [4.78, 5) is 22.1. The number of carbonyl (C=O) groups excluding carboxylic acids is 1. The van der Waals surface area contributed by atoms with Crippen molar-refractivity contribution < 1.29 is 14.7 Å². The fraction of sp³-hybridized carbons (Fsp3) is 0.333. The van der Waals surface area contributed by atoms with Crippen LogP contribution in [0.2, 0.25) is 0 Å². The highest BCUT2D eigenvalue weighted by Gasteiger charge is 2.04. The third-order valence-corrected chi connectivity index (χ3v) is 3.64. The molecule has 4 nitrogen and oxygen atoms in total. The van der Waals surface area contributed by atoms with Crippen molar-refractivity contribution in [1.82, 2.24) is 5.32 Å². The summed E-state index contributed by atoms with van der Waals surface area (Å²) in [5.74, 6) is -0.818. The van der Waals surface area contributed by atoms with E-state index in [9.17, 15) is 9.59 Å². The predicted molar refractivity (Wildman–Crippen MR) is 86.8 cm³/mol. The number of amides is 1. The van der Waals surface area contributed by atoms with Crippen LogP contribution >= 0.6 is 0 Å². The smallest absolute Gasteiger partial charge is 0.303 e. The molecule has 0 atom stereocenters. The van der Waals surface area contributed by atoms with Crippen molar-refractivity contribution in [3.63, 3.8) is 0 Å². The van der Waals surface area contributed by atoms with Gasteiger partial charge in [0.15, 0.2) is 0 Å². The van der Waals surface area contributed by atoms with Crippen LogP contribution in [-0.2, 0) is 16.0 Å². The van der Waals surface area contributed by atoms with Gasteiger partial charge >= 0.3 is 5.97 Å². The lowest BCUT2D eigenvalue weighted by atomic mass is 10.0. The van der Waals surface area contributed by atoms with Gasteiger partial charge in [-0.05, 0) is 35.6 Å². The third kappa shape index (κ3) is 4.88. The Morgan fingerprint density at radius 1 is 0.955 bits per heavy atom. The summed E-state index contributed by atoms with van der Waals surface area (Å²) in [6.45, 7) is 0.603. The minimum absolute atomic E-state index is 0.00868. The quantitative estimate of drug-likeness (QED) is 0.736. The average Bonchev–Trinajstić information content (AvgIpc) is 2.52. The highest BCUT2D eigenvalue weighted by Crippen LogP contribution is 2.18. The van der Waals surface area contributed by atoms with Gasteiger partial charge in [0.05, 0.1) is 0 Å². The van der Waals surface area contributed by atoms with Crippen LogP contribution in [0.15, 0.2) is 42.5 Å². The molecule has 0 unspecified atom stereocenters. The number of fused-ring (bicyclic) bond motifs is 1. The molecule has 0 heterocycles. The van der Waals surface area contributed by atoms with E-state index in [4.69, 9.17) is 5.11 Å². The molecule has 0 aromatic heterocycles. The number of carboxylic acid groups (broad SMARTS) is 1. The largest absolute Gasteiger partial charge is 0.481 e. The Balaban J connectivity index is 1.76. The van der Waals surface area contributed by atoms with Crippen LogP contribution in [0, 0.1) is 0 Å². The van der Waals surface area contributed by atoms with Crippen molar-refractivity contribution in [2.75, 3.05) is 6.54 Å². The topological polar surface area (TPSA) is 66.4 Å². The van der Waals surface area contributed by atoms with Gasteiger partial charge in [0, 0.05) is 19.4 Å². The zero-order valence-corrected chi connectivity index (χ0v) is 12.5. The van der Waals surface area contributed by atoms with E-state index in [1.54, 1.807) is 0 Å². The maximum Gasteiger partial charge on any atom is 0.303 e. The summed E-state index contributed by atoms with van der Waals surface area (Å²) in [6, 6.07) is 14.4. The maximum atomic E-state index is 11.7. The van der Waals surface area contributed by atoms with E-state index in [1.165, 1.54) is 16.3 Å². The van der Waals surface area contributed by atoms with Crippen molar-refractivity contribution in [2.24, 2.45) is 0 Å². The minimum atomic E-state index is -0.809. The first kappa shape index (κ1) is 16.0. The zero-order chi connectivity index (χ0) is 15.8. The average molecular weight is 299 g/mol. The van der Waals surface area contributed by atoms with Gasteiger partial charge in [-0.25, -0.2) is 0 Å². The van der Waals surface area contributed by atoms with Gasteiger partial charge in [0.1, 0.15) is 0 Å². The van der Waals surface area contributed by atoms with Crippen LogP contribution in [0.1, 0.15) is 31.2 Å². The fourth-order valence-corrected chi connectivity index (χ4v) is 2.50. The van der Waals surface area contributed by atoms with Gasteiger partial charge in [-0.15, -0.1) is 0 Å². The summed E-state index contributed by atoms with van der Waals surface area (Å²) < 4.78 is 0. The highest BCUT2D eigenvalue weighted by atomic mass is 16.4. The summed E-state index contributed by atoms with van der Waals surface area (Å²) in [6.07, 6.45) is 2.48. The molecule has 22 heavy (non-hydrogen) atoms. The molecular formula is C18H21NO3. The van der Waals surface area contributed by atoms with E-state index in [-0.39, 0.29) is 12.3 Å². The number of nitrogens with one attached hydrogen (secondary N) is 1. The van der Waals surface area contributed by atoms with Crippen LogP contribution in [0.25, 0.3) is 10.8 Å². The number of aliphatic carboxylic acids is 1. The highest BCUT2D eigenvalue weighted by molar-refractivity contribution is 5.85. The molecular weight excluding hydrogens is 278 g/mol. The molecule has 0 aliphatic rings. The molecule has 116 valence electrons. The molecule has 4 heteroatoms. The van der Waals surface area contributed by atoms with Gasteiger partial charge in [-0.3, -0.25) is 9.59 Å². The van der Waals surface area contributed by atoms with Gasteiger partial charge in [0.25, 0.3) is 0 Å². The molecule has 2 rings (SSSR count). The number of hydrogen-bond donors (Lipinski definition) is 2. The first-order chi connectivity index (χ1) is 10.7. The maximum absolute atomic E-state index is 11.7. The van der Waals surface area contributed by atoms with E-state index in [1.807, 2.05) is 18.2 Å². The Hall–Kier alpha value is -2.36. The van der Waals surface area contributed by atoms with Gasteiger partial charge in [0.2, 0.25) is 5.91 Å². The van der Waals surface area contributed by atoms with Gasteiger partial charge in [-0.2, -0.15) is 0 Å². The summed E-state index contributed by atoms with van der Waals surface area (Å²) >= 11 is 0. The Morgan fingerprint density at radius 3 is 2.50 bits per heavy atom. The first-order valence-electron chi connectivity index (χ1n) is 7.62. The number of carboxylic acids is 1. The van der Waals surface area contributed by atoms with Crippen molar-refractivity contribution in [3.05, 3.63) is 48.0 Å². The summed E-state index contributed by atoms with van der Waals surface area (Å²) in [5, 5.41) is 13.9. The molecule has 0 saturated heterocycles. The van der Waals surface area contributed by atoms with Crippen molar-refractivity contribution in [3.8, 4) is 0 Å². The molecule has 0 radical (unpaired) electrons. The molecule has 1 amide bonds. The lowest BCUT2D eigenvalue weighted by molar-refractivity contribution is -0.137. The molecule has 2 aromatic rings. The van der Waals surface area contributed by atoms with Crippen LogP contribution in [0.3, 0.4) is 0 Å². The van der Waals surface area contributed by atoms with E-state index < -0.39 is 5.97 Å². The van der Waals surface area contributed by atoms with Gasteiger partial charge < -0.3 is 10.4 Å². The summed E-state index contributed by atoms with van der Waals surface area (Å²) in [5.41, 5.74) is 1.23. The Morgan fingerprint density at radius 2 is 1.68 bits per heavy atom. The summed E-state index contributed by atoms with van der Waals surface area (Å²) in [7, 11) is 0. The molecule has 0 spiro atoms. The van der Waals surface area contributed by atoms with Crippen molar-refractivity contribution >= 4 is 22.6 Å². The molecule has 0 fully saturated rings. The number of benzene rings is 2. The van der Waals surface area contributed by atoms with E-state index in [0.29, 0.717) is 25.8 Å². The first-order valence-corrected chi connectivity index (χ1v) is 7.62. The zero-order valence-electron chi connectivity index (χ0n) is 12.5. The molecule has 0 saturated carbocycles. The molecule has 0 aliphatic heterocycles. The van der Waals surface area contributed by atoms with Crippen LogP contribution < -0.4 is 5.32 Å². The lowest BCUT2D eigenvalue weighted by Crippen LogP contribution is -2.25. The second-order valence-electron chi connectivity index (χ2n) is 5.34. The second kappa shape index (κ2) is 8.17.